The van der Waals surface area contributed by atoms with Crippen LogP contribution < -0.4 is 0 Å². The van der Waals surface area contributed by atoms with E-state index in [2.05, 4.69) is 306 Å². The van der Waals surface area contributed by atoms with Crippen LogP contribution in [0.15, 0.2) is 261 Å². The van der Waals surface area contributed by atoms with Gasteiger partial charge in [-0.25, -0.2) is 0 Å². The average Bonchev–Trinajstić information content (AvgIpc) is 3.32. The summed E-state index contributed by atoms with van der Waals surface area (Å²) < 4.78 is 0. The van der Waals surface area contributed by atoms with Crippen molar-refractivity contribution >= 4 is 5.57 Å². The van der Waals surface area contributed by atoms with Gasteiger partial charge in [0, 0.05) is 0 Å². The molecule has 0 saturated heterocycles. The highest BCUT2D eigenvalue weighted by Crippen LogP contribution is 2.37. The minimum atomic E-state index is 0.912. The Kier molecular flexibility index (Phi) is 44.5. The van der Waals surface area contributed by atoms with E-state index in [9.17, 15) is 0 Å². The Bertz CT molecular complexity index is 3340. The summed E-state index contributed by atoms with van der Waals surface area (Å²) in [7, 11) is 0. The van der Waals surface area contributed by atoms with E-state index in [1.54, 1.807) is 0 Å². The Balaban J connectivity index is 0.00000113. The average molecular weight is 1170 g/mol. The maximum absolute atomic E-state index is 4.17. The van der Waals surface area contributed by atoms with E-state index in [4.69, 9.17) is 0 Å². The predicted octanol–water partition coefficient (Wildman–Crippen LogP) is 28.7. The molecule has 0 aliphatic heterocycles. The topological polar surface area (TPSA) is 0 Å². The Morgan fingerprint density at radius 2 is 0.739 bits per heavy atom. The fourth-order valence-corrected chi connectivity index (χ4v) is 9.45. The lowest BCUT2D eigenvalue weighted by Gasteiger charge is -2.19. The lowest BCUT2D eigenvalue weighted by molar-refractivity contribution is 0.984. The van der Waals surface area contributed by atoms with Gasteiger partial charge >= 0.3 is 0 Å². The molecule has 0 amide bonds. The van der Waals surface area contributed by atoms with Crippen molar-refractivity contribution in [1.82, 2.24) is 0 Å². The Morgan fingerprint density at radius 1 is 0.364 bits per heavy atom. The second-order valence-corrected chi connectivity index (χ2v) is 19.9. The molecule has 9 aromatic carbocycles. The van der Waals surface area contributed by atoms with Gasteiger partial charge in [0.25, 0.3) is 0 Å². The van der Waals surface area contributed by atoms with E-state index in [1.165, 1.54) is 137 Å². The standard InChI is InChI=1S/C27H22.C25H26.C13H12.C8H12.C3H8.6C2H6/c1-20(2)26-16-6-7-17-27(26)25-15-9-14-24(19-25)23-13-8-12-22(18-23)21-10-4-3-5-11-21;1-17(2)16-25-20(5)23(21-12-8-6-10-18(21)3)14-15-24(25)22-13-9-7-11-19(22)4;1-11-6-5-9-13(10-11)12-7-3-2-4-8-12;1-2-8-6-4-3-5-7-8;1-3-2;6*1-2/h3-19H,1H2,2H3;6-15H,1,16H2,2-5H3;2-10H,1H3;4,6-7H,2-3,5H2,1H3;3H2,1-2H3;6*1-2H3. The molecule has 10 rings (SSSR count). The van der Waals surface area contributed by atoms with Crippen LogP contribution in [-0.2, 0) is 6.42 Å². The second kappa shape index (κ2) is 49.0. The summed E-state index contributed by atoms with van der Waals surface area (Å²) in [6.07, 6.45) is 12.6. The van der Waals surface area contributed by atoms with Crippen LogP contribution in [0.2, 0.25) is 0 Å². The van der Waals surface area contributed by atoms with Crippen LogP contribution in [0.1, 0.15) is 177 Å². The van der Waals surface area contributed by atoms with E-state index < -0.39 is 0 Å². The lowest BCUT2D eigenvalue weighted by atomic mass is 9.85. The summed E-state index contributed by atoms with van der Waals surface area (Å²) in [4.78, 5) is 0. The largest absolute Gasteiger partial charge is 0.0998 e. The quantitative estimate of drug-likeness (QED) is 0.120. The number of allylic oxidation sites excluding steroid dienone is 6. The molecule has 0 heteroatoms. The molecule has 0 saturated carbocycles. The molecule has 9 aromatic rings. The summed E-state index contributed by atoms with van der Waals surface area (Å²) in [5, 5.41) is 0. The van der Waals surface area contributed by atoms with Crippen molar-refractivity contribution in [2.45, 2.75) is 178 Å². The Labute approximate surface area is 541 Å². The first-order chi connectivity index (χ1) is 42.9. The third kappa shape index (κ3) is 27.3. The van der Waals surface area contributed by atoms with Gasteiger partial charge in [-0.05, 0) is 174 Å². The van der Waals surface area contributed by atoms with E-state index in [0.717, 1.165) is 12.0 Å². The molecular formula is C88H116. The van der Waals surface area contributed by atoms with Gasteiger partial charge < -0.3 is 0 Å². The van der Waals surface area contributed by atoms with Gasteiger partial charge in [0.2, 0.25) is 0 Å². The van der Waals surface area contributed by atoms with Crippen molar-refractivity contribution in [3.63, 3.8) is 0 Å². The summed E-state index contributed by atoms with van der Waals surface area (Å²) in [6, 6.07) is 77.3. The third-order valence-corrected chi connectivity index (χ3v) is 13.4. The van der Waals surface area contributed by atoms with Gasteiger partial charge in [-0.1, -0.05) is 370 Å². The molecule has 88 heavy (non-hydrogen) atoms. The monoisotopic (exact) mass is 1170 g/mol. The van der Waals surface area contributed by atoms with Crippen molar-refractivity contribution in [3.8, 4) is 66.8 Å². The maximum atomic E-state index is 4.17. The van der Waals surface area contributed by atoms with E-state index >= 15 is 0 Å². The summed E-state index contributed by atoms with van der Waals surface area (Å²) in [5.74, 6) is 0. The lowest BCUT2D eigenvalue weighted by Crippen LogP contribution is -1.99. The second-order valence-electron chi connectivity index (χ2n) is 19.9. The van der Waals surface area contributed by atoms with Crippen molar-refractivity contribution in [2.24, 2.45) is 0 Å². The molecule has 0 fully saturated rings. The fourth-order valence-electron chi connectivity index (χ4n) is 9.45. The zero-order chi connectivity index (χ0) is 66.2. The molecule has 0 aromatic heterocycles. The Morgan fingerprint density at radius 3 is 1.16 bits per heavy atom. The normalized spacial score (nSPS) is 10.0. The molecule has 0 spiro atoms. The van der Waals surface area contributed by atoms with Crippen molar-refractivity contribution in [1.29, 1.82) is 0 Å². The molecule has 0 N–H and O–H groups in total. The zero-order valence-corrected chi connectivity index (χ0v) is 59.0. The van der Waals surface area contributed by atoms with Crippen LogP contribution >= 0.6 is 0 Å². The smallest absolute Gasteiger partial charge is 0.00636 e. The maximum Gasteiger partial charge on any atom is -0.00636 e. The first-order valence-corrected chi connectivity index (χ1v) is 33.3. The van der Waals surface area contributed by atoms with Crippen LogP contribution in [0, 0.1) is 27.7 Å². The SMILES string of the molecule is C=C(C)Cc1c(-c2ccccc2C)ccc(-c2ccccc2C)c1C.C=C(C)c1ccccc1-c1cccc(-c2cccc(-c3ccccc3)c2)c1.CC.CC.CC.CC.CC.CC.CCC.CCC1=CCCC=C1.Cc1cccc(-c2ccccc2)c1. The summed E-state index contributed by atoms with van der Waals surface area (Å²) in [5.41, 5.74) is 26.9. The van der Waals surface area contributed by atoms with Crippen molar-refractivity contribution < 1.29 is 0 Å². The number of aryl methyl sites for hydroxylation is 3. The van der Waals surface area contributed by atoms with Crippen LogP contribution in [0.5, 0.6) is 0 Å². The van der Waals surface area contributed by atoms with Crippen LogP contribution in [0.3, 0.4) is 0 Å². The van der Waals surface area contributed by atoms with Gasteiger partial charge in [-0.2, -0.15) is 0 Å². The highest BCUT2D eigenvalue weighted by Gasteiger charge is 2.15. The van der Waals surface area contributed by atoms with Crippen LogP contribution in [-0.4, -0.2) is 0 Å². The van der Waals surface area contributed by atoms with Gasteiger partial charge in [0.05, 0.1) is 0 Å². The summed E-state index contributed by atoms with van der Waals surface area (Å²) >= 11 is 0. The zero-order valence-electron chi connectivity index (χ0n) is 59.0. The molecule has 468 valence electrons. The molecule has 0 atom stereocenters. The van der Waals surface area contributed by atoms with Gasteiger partial charge in [0.1, 0.15) is 0 Å². The molecule has 0 heterocycles. The molecule has 1 aliphatic carbocycles. The summed E-state index contributed by atoms with van der Waals surface area (Å²) in [6.45, 7) is 51.7. The van der Waals surface area contributed by atoms with Gasteiger partial charge in [-0.3, -0.25) is 0 Å². The van der Waals surface area contributed by atoms with Gasteiger partial charge in [-0.15, -0.1) is 0 Å². The molecule has 1 aliphatic rings. The number of hydrogen-bond donors (Lipinski definition) is 0. The molecule has 0 unspecified atom stereocenters. The van der Waals surface area contributed by atoms with E-state index in [1.807, 2.05) is 89.2 Å². The molecular weight excluding hydrogens is 1060 g/mol. The van der Waals surface area contributed by atoms with Crippen LogP contribution in [0.4, 0.5) is 0 Å². The minimum absolute atomic E-state index is 0.912. The highest BCUT2D eigenvalue weighted by atomic mass is 14.2. The number of hydrogen-bond acceptors (Lipinski definition) is 0. The number of benzene rings is 9. The van der Waals surface area contributed by atoms with E-state index in [-0.39, 0.29) is 0 Å². The first kappa shape index (κ1) is 79.9. The molecule has 0 nitrogen and oxygen atoms in total. The van der Waals surface area contributed by atoms with Crippen LogP contribution in [0.25, 0.3) is 72.3 Å². The Hall–Kier alpha value is -8.06. The van der Waals surface area contributed by atoms with E-state index in [0.29, 0.717) is 0 Å². The number of rotatable bonds is 10. The first-order valence-electron chi connectivity index (χ1n) is 33.3. The van der Waals surface area contributed by atoms with Crippen molar-refractivity contribution in [2.75, 3.05) is 0 Å². The van der Waals surface area contributed by atoms with Gasteiger partial charge in [0.15, 0.2) is 0 Å². The predicted molar refractivity (Wildman–Crippen MR) is 405 cm³/mol. The molecule has 0 radical (unpaired) electrons. The molecule has 0 bridgehead atoms. The fraction of sp³-hybridized carbons (Fsp3) is 0.295. The minimum Gasteiger partial charge on any atom is -0.0998 e. The third-order valence-electron chi connectivity index (χ3n) is 13.4. The van der Waals surface area contributed by atoms with Crippen molar-refractivity contribution in [3.05, 3.63) is 294 Å². The highest BCUT2D eigenvalue weighted by molar-refractivity contribution is 5.83.